The maximum atomic E-state index is 14.0. The maximum absolute atomic E-state index is 14.0. The molecule has 4 aliphatic rings. The summed E-state index contributed by atoms with van der Waals surface area (Å²) in [6.45, 7) is 3.83. The van der Waals surface area contributed by atoms with Gasteiger partial charge in [0, 0.05) is 24.2 Å². The molecule has 1 N–H and O–H groups in total. The largest absolute Gasteiger partial charge is 0.496 e. The summed E-state index contributed by atoms with van der Waals surface area (Å²) < 4.78 is 39.1. The van der Waals surface area contributed by atoms with Gasteiger partial charge in [-0.2, -0.15) is 0 Å². The molecule has 8 nitrogen and oxygen atoms in total. The van der Waals surface area contributed by atoms with Gasteiger partial charge in [0.15, 0.2) is 11.6 Å². The lowest BCUT2D eigenvalue weighted by Gasteiger charge is -2.34. The molecule has 1 saturated carbocycles. The number of aliphatic carboxylic acids is 1. The Morgan fingerprint density at radius 2 is 1.88 bits per heavy atom. The number of hydrogen-bond acceptors (Lipinski definition) is 6. The number of ether oxygens (including phenoxy) is 2. The highest BCUT2D eigenvalue weighted by molar-refractivity contribution is 5.80. The quantitative estimate of drug-likeness (QED) is 0.375. The van der Waals surface area contributed by atoms with Gasteiger partial charge in [-0.1, -0.05) is 12.1 Å². The maximum Gasteiger partial charge on any atom is 0.411 e. The number of nitrogens with zero attached hydrogens (tertiary/aromatic N) is 3. The number of carboxylic acid groups (broad SMARTS) is 1. The highest BCUT2D eigenvalue weighted by Gasteiger charge is 2.41. The Morgan fingerprint density at radius 1 is 1.12 bits per heavy atom. The highest BCUT2D eigenvalue weighted by Crippen LogP contribution is 2.42. The first kappa shape index (κ1) is 29.1. The molecule has 6 rings (SSSR count). The Bertz CT molecular complexity index is 1460. The molecule has 2 aliphatic carbocycles. The van der Waals surface area contributed by atoms with E-state index in [2.05, 4.69) is 17.1 Å². The number of aromatic nitrogens is 1. The lowest BCUT2D eigenvalue weighted by molar-refractivity contribution is -0.143. The van der Waals surface area contributed by atoms with Crippen LogP contribution in [0.15, 0.2) is 48.2 Å². The zero-order valence-electron chi connectivity index (χ0n) is 24.5. The van der Waals surface area contributed by atoms with Gasteiger partial charge in [0.05, 0.1) is 31.3 Å². The van der Waals surface area contributed by atoms with Crippen LogP contribution in [0.5, 0.6) is 0 Å². The van der Waals surface area contributed by atoms with Crippen LogP contribution in [-0.2, 0) is 20.8 Å². The number of carboxylic acids is 1. The summed E-state index contributed by atoms with van der Waals surface area (Å²) in [5.74, 6) is -0.723. The number of cyclic esters (lactones) is 1. The second-order valence-corrected chi connectivity index (χ2v) is 12.1. The van der Waals surface area contributed by atoms with Crippen LogP contribution in [-0.4, -0.2) is 53.3 Å². The molecule has 1 unspecified atom stereocenters. The van der Waals surface area contributed by atoms with E-state index in [4.69, 9.17) is 14.5 Å². The number of carbonyl (C=O) groups is 2. The van der Waals surface area contributed by atoms with Gasteiger partial charge in [-0.25, -0.2) is 18.6 Å². The molecule has 1 aromatic carbocycles. The fraction of sp³-hybridized carbons (Fsp3) is 0.485. The van der Waals surface area contributed by atoms with Crippen LogP contribution in [0.1, 0.15) is 68.4 Å². The van der Waals surface area contributed by atoms with E-state index in [1.165, 1.54) is 6.07 Å². The molecule has 1 amide bonds. The number of benzene rings is 1. The van der Waals surface area contributed by atoms with E-state index in [1.54, 1.807) is 12.0 Å². The van der Waals surface area contributed by atoms with Gasteiger partial charge in [0.2, 0.25) is 0 Å². The second kappa shape index (κ2) is 12.0. The number of carbonyl (C=O) groups excluding carboxylic acids is 1. The molecule has 0 radical (unpaired) electrons. The average Bonchev–Trinajstić information content (AvgIpc) is 3.26. The van der Waals surface area contributed by atoms with E-state index in [0.717, 1.165) is 73.6 Å². The molecule has 1 aromatic heterocycles. The van der Waals surface area contributed by atoms with Crippen molar-refractivity contribution in [2.45, 2.75) is 64.1 Å². The normalized spacial score (nSPS) is 27.3. The van der Waals surface area contributed by atoms with Crippen molar-refractivity contribution >= 4 is 23.5 Å². The zero-order chi connectivity index (χ0) is 30.2. The Balaban J connectivity index is 1.31. The van der Waals surface area contributed by atoms with Crippen molar-refractivity contribution in [1.29, 1.82) is 0 Å². The lowest BCUT2D eigenvalue weighted by Crippen LogP contribution is -2.38. The molecule has 2 saturated heterocycles. The SMILES string of the molecule is COC1=CCC([C@H]2CC[C@H](C(=O)O)CC2)C=C1c1ccc(N2CCC2)nc1CN1C(=O)O[C@H](c2ccc(F)c(F)c2)[C@@H]1C. The minimum Gasteiger partial charge on any atom is -0.496 e. The van der Waals surface area contributed by atoms with Gasteiger partial charge in [0.25, 0.3) is 0 Å². The van der Waals surface area contributed by atoms with E-state index in [-0.39, 0.29) is 18.4 Å². The molecule has 10 heteroatoms. The number of anilines is 1. The third-order valence-electron chi connectivity index (χ3n) is 9.58. The van der Waals surface area contributed by atoms with E-state index in [0.29, 0.717) is 30.0 Å². The predicted molar refractivity (Wildman–Crippen MR) is 156 cm³/mol. The van der Waals surface area contributed by atoms with Gasteiger partial charge in [-0.3, -0.25) is 9.69 Å². The summed E-state index contributed by atoms with van der Waals surface area (Å²) in [5, 5.41) is 9.45. The molecule has 2 aliphatic heterocycles. The molecule has 0 spiro atoms. The Morgan fingerprint density at radius 3 is 2.53 bits per heavy atom. The number of amides is 1. The molecule has 0 bridgehead atoms. The minimum absolute atomic E-state index is 0.167. The van der Waals surface area contributed by atoms with Crippen LogP contribution >= 0.6 is 0 Å². The van der Waals surface area contributed by atoms with Crippen molar-refractivity contribution < 1.29 is 33.0 Å². The first-order valence-electron chi connectivity index (χ1n) is 15.1. The summed E-state index contributed by atoms with van der Waals surface area (Å²) in [5.41, 5.74) is 2.86. The molecule has 43 heavy (non-hydrogen) atoms. The van der Waals surface area contributed by atoms with Crippen molar-refractivity contribution in [2.75, 3.05) is 25.1 Å². The molecule has 3 fully saturated rings. The summed E-state index contributed by atoms with van der Waals surface area (Å²) >= 11 is 0. The standard InChI is InChI=1S/C33H37F2N3O5/c1-19-31(23-8-11-26(34)27(35)17-23)43-33(41)38(19)18-28-24(10-13-30(36-28)37-14-3-15-37)25-16-22(9-12-29(25)42-2)20-4-6-21(7-5-20)32(39)40/h8,10-13,16-17,19-22,31H,3-7,9,14-15,18H2,1-2H3,(H,39,40)/t19-,20-,21-,22?,31-/m0/s1. The first-order chi connectivity index (χ1) is 20.7. The molecular weight excluding hydrogens is 556 g/mol. The van der Waals surface area contributed by atoms with Crippen LogP contribution in [0.4, 0.5) is 19.4 Å². The average molecular weight is 594 g/mol. The number of halogens is 2. The number of pyridine rings is 1. The number of methoxy groups -OCH3 is 1. The second-order valence-electron chi connectivity index (χ2n) is 12.1. The van der Waals surface area contributed by atoms with E-state index < -0.39 is 35.8 Å². The smallest absolute Gasteiger partial charge is 0.411 e. The van der Waals surface area contributed by atoms with Crippen molar-refractivity contribution in [3.8, 4) is 0 Å². The monoisotopic (exact) mass is 593 g/mol. The van der Waals surface area contributed by atoms with E-state index >= 15 is 0 Å². The van der Waals surface area contributed by atoms with Crippen molar-refractivity contribution in [2.24, 2.45) is 17.8 Å². The van der Waals surface area contributed by atoms with E-state index in [1.807, 2.05) is 19.1 Å². The molecular formula is C33H37F2N3O5. The van der Waals surface area contributed by atoms with Crippen molar-refractivity contribution in [1.82, 2.24) is 9.88 Å². The van der Waals surface area contributed by atoms with Crippen molar-refractivity contribution in [3.05, 3.63) is 76.7 Å². The van der Waals surface area contributed by atoms with Crippen LogP contribution in [0.25, 0.3) is 5.57 Å². The summed E-state index contributed by atoms with van der Waals surface area (Å²) in [6, 6.07) is 7.16. The number of rotatable bonds is 8. The highest BCUT2D eigenvalue weighted by atomic mass is 19.2. The topological polar surface area (TPSA) is 92.2 Å². The molecule has 2 aromatic rings. The summed E-state index contributed by atoms with van der Waals surface area (Å²) in [6.07, 6.45) is 8.05. The Labute approximate surface area is 250 Å². The van der Waals surface area contributed by atoms with Gasteiger partial charge < -0.3 is 19.5 Å². The summed E-state index contributed by atoms with van der Waals surface area (Å²) in [7, 11) is 1.64. The van der Waals surface area contributed by atoms with Crippen LogP contribution < -0.4 is 4.90 Å². The Kier molecular flexibility index (Phi) is 8.11. The van der Waals surface area contributed by atoms with Gasteiger partial charge >= 0.3 is 12.1 Å². The van der Waals surface area contributed by atoms with E-state index in [9.17, 15) is 23.5 Å². The molecule has 3 heterocycles. The van der Waals surface area contributed by atoms with Crippen LogP contribution in [0.2, 0.25) is 0 Å². The van der Waals surface area contributed by atoms with Gasteiger partial charge in [0.1, 0.15) is 17.7 Å². The third kappa shape index (κ3) is 5.71. The Hall–Kier alpha value is -3.95. The van der Waals surface area contributed by atoms with Crippen LogP contribution in [0, 0.1) is 29.4 Å². The fourth-order valence-electron chi connectivity index (χ4n) is 6.84. The number of hydrogen-bond donors (Lipinski definition) is 1. The molecule has 228 valence electrons. The molecule has 3 atom stereocenters. The van der Waals surface area contributed by atoms with Crippen molar-refractivity contribution in [3.63, 3.8) is 0 Å². The fourth-order valence-corrected chi connectivity index (χ4v) is 6.84. The summed E-state index contributed by atoms with van der Waals surface area (Å²) in [4.78, 5) is 33.5. The third-order valence-corrected chi connectivity index (χ3v) is 9.58. The lowest BCUT2D eigenvalue weighted by atomic mass is 9.72. The van der Waals surface area contributed by atoms with Gasteiger partial charge in [-0.15, -0.1) is 0 Å². The predicted octanol–water partition coefficient (Wildman–Crippen LogP) is 6.48. The zero-order valence-corrected chi connectivity index (χ0v) is 24.5. The number of allylic oxidation sites excluding steroid dienone is 3. The van der Waals surface area contributed by atoms with Gasteiger partial charge in [-0.05, 0) is 93.2 Å². The first-order valence-corrected chi connectivity index (χ1v) is 15.1. The van der Waals surface area contributed by atoms with Crippen LogP contribution in [0.3, 0.4) is 0 Å². The minimum atomic E-state index is -0.987.